The van der Waals surface area contributed by atoms with E-state index in [1.165, 1.54) is 5.56 Å². The minimum absolute atomic E-state index is 0. The van der Waals surface area contributed by atoms with Crippen molar-refractivity contribution in [3.05, 3.63) is 53.5 Å². The first-order valence-electron chi connectivity index (χ1n) is 7.83. The van der Waals surface area contributed by atoms with Crippen molar-refractivity contribution in [1.82, 2.24) is 10.6 Å². The van der Waals surface area contributed by atoms with Crippen LogP contribution in [-0.4, -0.2) is 33.2 Å². The number of halogens is 1. The summed E-state index contributed by atoms with van der Waals surface area (Å²) in [5.74, 6) is 2.71. The Balaban J connectivity index is 0.00000288. The van der Waals surface area contributed by atoms with Crippen LogP contribution in [0.2, 0.25) is 0 Å². The van der Waals surface area contributed by atoms with Crippen molar-refractivity contribution >= 4 is 29.9 Å². The second kappa shape index (κ2) is 11.0. The molecule has 0 aliphatic heterocycles. The number of guanidine groups is 1. The van der Waals surface area contributed by atoms with E-state index in [1.54, 1.807) is 20.4 Å². The van der Waals surface area contributed by atoms with Gasteiger partial charge < -0.3 is 19.8 Å². The zero-order valence-corrected chi connectivity index (χ0v) is 16.8. The van der Waals surface area contributed by atoms with Gasteiger partial charge in [0.15, 0.2) is 5.96 Å². The molecule has 24 heavy (non-hydrogen) atoms. The smallest absolute Gasteiger partial charge is 0.191 e. The molecule has 0 aliphatic rings. The van der Waals surface area contributed by atoms with Gasteiger partial charge in [-0.2, -0.15) is 0 Å². The molecular formula is C18H26IN3O2. The summed E-state index contributed by atoms with van der Waals surface area (Å²) in [6.07, 6.45) is 3.44. The molecule has 0 aliphatic carbocycles. The Hall–Kier alpha value is -1.70. The molecule has 0 saturated heterocycles. The number of aryl methyl sites for hydroxylation is 1. The molecule has 0 amide bonds. The molecule has 2 N–H and O–H groups in total. The minimum Gasteiger partial charge on any atom is -0.496 e. The maximum atomic E-state index is 5.36. The van der Waals surface area contributed by atoms with Gasteiger partial charge in [0.05, 0.1) is 13.4 Å². The average Bonchev–Trinajstić information content (AvgIpc) is 3.08. The molecule has 1 aromatic heterocycles. The topological polar surface area (TPSA) is 58.8 Å². The number of nitrogens with one attached hydrogen (secondary N) is 2. The van der Waals surface area contributed by atoms with Crippen LogP contribution in [0, 0.1) is 6.92 Å². The van der Waals surface area contributed by atoms with Crippen LogP contribution < -0.4 is 15.4 Å². The van der Waals surface area contributed by atoms with E-state index in [2.05, 4.69) is 33.8 Å². The van der Waals surface area contributed by atoms with Crippen molar-refractivity contribution in [3.63, 3.8) is 0 Å². The van der Waals surface area contributed by atoms with Gasteiger partial charge in [-0.25, -0.2) is 0 Å². The largest absolute Gasteiger partial charge is 0.496 e. The predicted octanol–water partition coefficient (Wildman–Crippen LogP) is 3.16. The van der Waals surface area contributed by atoms with Crippen LogP contribution in [0.1, 0.15) is 16.9 Å². The van der Waals surface area contributed by atoms with Gasteiger partial charge in [-0.15, -0.1) is 24.0 Å². The molecular weight excluding hydrogens is 417 g/mol. The highest BCUT2D eigenvalue weighted by Crippen LogP contribution is 2.18. The van der Waals surface area contributed by atoms with Gasteiger partial charge in [-0.3, -0.25) is 4.99 Å². The second-order valence-corrected chi connectivity index (χ2v) is 5.31. The monoisotopic (exact) mass is 443 g/mol. The summed E-state index contributed by atoms with van der Waals surface area (Å²) in [4.78, 5) is 4.23. The normalized spacial score (nSPS) is 10.9. The molecule has 1 aromatic carbocycles. The lowest BCUT2D eigenvalue weighted by atomic mass is 10.1. The fourth-order valence-electron chi connectivity index (χ4n) is 2.32. The van der Waals surface area contributed by atoms with Gasteiger partial charge >= 0.3 is 0 Å². The molecule has 0 fully saturated rings. The first-order valence-corrected chi connectivity index (χ1v) is 7.83. The summed E-state index contributed by atoms with van der Waals surface area (Å²) in [6.45, 7) is 3.64. The number of methoxy groups -OCH3 is 1. The molecule has 6 heteroatoms. The Morgan fingerprint density at radius 1 is 1.17 bits per heavy atom. The van der Waals surface area contributed by atoms with E-state index in [0.29, 0.717) is 0 Å². The van der Waals surface area contributed by atoms with Crippen molar-refractivity contribution in [2.75, 3.05) is 27.2 Å². The molecule has 132 valence electrons. The van der Waals surface area contributed by atoms with Crippen LogP contribution in [0.25, 0.3) is 0 Å². The van der Waals surface area contributed by atoms with Crippen LogP contribution in [0.3, 0.4) is 0 Å². The first kappa shape index (κ1) is 20.3. The van der Waals surface area contributed by atoms with E-state index in [9.17, 15) is 0 Å². The van der Waals surface area contributed by atoms with E-state index in [4.69, 9.17) is 9.15 Å². The van der Waals surface area contributed by atoms with Gasteiger partial charge in [0.25, 0.3) is 0 Å². The molecule has 0 atom stereocenters. The standard InChI is InChI=1S/C18H25N3O2.HI/c1-14-6-7-15(13-17(14)22-3)8-10-20-18(19-2)21-11-9-16-5-4-12-23-16;/h4-7,12-13H,8-11H2,1-3H3,(H2,19,20,21);1H. The van der Waals surface area contributed by atoms with E-state index in [-0.39, 0.29) is 24.0 Å². The zero-order chi connectivity index (χ0) is 16.5. The molecule has 0 saturated carbocycles. The van der Waals surface area contributed by atoms with Crippen molar-refractivity contribution in [1.29, 1.82) is 0 Å². The summed E-state index contributed by atoms with van der Waals surface area (Å²) in [6, 6.07) is 10.2. The minimum atomic E-state index is 0. The molecule has 0 radical (unpaired) electrons. The van der Waals surface area contributed by atoms with Crippen molar-refractivity contribution in [2.24, 2.45) is 4.99 Å². The maximum Gasteiger partial charge on any atom is 0.191 e. The number of furan rings is 1. The lowest BCUT2D eigenvalue weighted by Crippen LogP contribution is -2.39. The molecule has 1 heterocycles. The molecule has 5 nitrogen and oxygen atoms in total. The molecule has 2 aromatic rings. The SMILES string of the molecule is CN=C(NCCc1ccc(C)c(OC)c1)NCCc1ccco1.I. The lowest BCUT2D eigenvalue weighted by molar-refractivity contribution is 0.411. The van der Waals surface area contributed by atoms with Crippen molar-refractivity contribution in [2.45, 2.75) is 19.8 Å². The highest BCUT2D eigenvalue weighted by atomic mass is 127. The molecule has 0 unspecified atom stereocenters. The number of nitrogens with zero attached hydrogens (tertiary/aromatic N) is 1. The van der Waals surface area contributed by atoms with E-state index in [1.807, 2.05) is 19.1 Å². The van der Waals surface area contributed by atoms with Crippen molar-refractivity contribution in [3.8, 4) is 5.75 Å². The quantitative estimate of drug-likeness (QED) is 0.392. The van der Waals surface area contributed by atoms with Gasteiger partial charge in [0.1, 0.15) is 11.5 Å². The van der Waals surface area contributed by atoms with Crippen LogP contribution in [0.5, 0.6) is 5.75 Å². The summed E-state index contributed by atoms with van der Waals surface area (Å²) >= 11 is 0. The Bertz CT molecular complexity index is 627. The van der Waals surface area contributed by atoms with E-state index < -0.39 is 0 Å². The summed E-state index contributed by atoms with van der Waals surface area (Å²) < 4.78 is 10.7. The zero-order valence-electron chi connectivity index (χ0n) is 14.5. The highest BCUT2D eigenvalue weighted by Gasteiger charge is 2.02. The van der Waals surface area contributed by atoms with Crippen molar-refractivity contribution < 1.29 is 9.15 Å². The summed E-state index contributed by atoms with van der Waals surface area (Å²) in [5.41, 5.74) is 2.39. The Kier molecular flexibility index (Phi) is 9.29. The molecule has 2 rings (SSSR count). The highest BCUT2D eigenvalue weighted by molar-refractivity contribution is 14.0. The summed E-state index contributed by atoms with van der Waals surface area (Å²) in [5, 5.41) is 6.60. The molecule has 0 spiro atoms. The molecule has 0 bridgehead atoms. The van der Waals surface area contributed by atoms with Gasteiger partial charge in [-0.1, -0.05) is 12.1 Å². The number of rotatable bonds is 7. The van der Waals surface area contributed by atoms with Gasteiger partial charge in [-0.05, 0) is 42.7 Å². The summed E-state index contributed by atoms with van der Waals surface area (Å²) in [7, 11) is 3.48. The van der Waals surface area contributed by atoms with Crippen LogP contribution in [0.15, 0.2) is 46.0 Å². The third-order valence-electron chi connectivity index (χ3n) is 3.65. The maximum absolute atomic E-state index is 5.36. The first-order chi connectivity index (χ1) is 11.2. The van der Waals surface area contributed by atoms with Crippen LogP contribution in [0.4, 0.5) is 0 Å². The fraction of sp³-hybridized carbons (Fsp3) is 0.389. The average molecular weight is 443 g/mol. The Morgan fingerprint density at radius 2 is 1.92 bits per heavy atom. The van der Waals surface area contributed by atoms with E-state index in [0.717, 1.165) is 49.0 Å². The van der Waals surface area contributed by atoms with E-state index >= 15 is 0 Å². The fourth-order valence-corrected chi connectivity index (χ4v) is 2.32. The lowest BCUT2D eigenvalue weighted by Gasteiger charge is -2.12. The number of benzene rings is 1. The Morgan fingerprint density at radius 3 is 2.54 bits per heavy atom. The van der Waals surface area contributed by atoms with Crippen LogP contribution in [-0.2, 0) is 12.8 Å². The predicted molar refractivity (Wildman–Crippen MR) is 109 cm³/mol. The van der Waals surface area contributed by atoms with Gasteiger partial charge in [0, 0.05) is 26.6 Å². The third kappa shape index (κ3) is 6.43. The van der Waals surface area contributed by atoms with Crippen LogP contribution >= 0.6 is 24.0 Å². The third-order valence-corrected chi connectivity index (χ3v) is 3.65. The second-order valence-electron chi connectivity index (χ2n) is 5.31. The number of hydrogen-bond donors (Lipinski definition) is 2. The Labute approximate surface area is 160 Å². The van der Waals surface area contributed by atoms with Gasteiger partial charge in [0.2, 0.25) is 0 Å². The number of aliphatic imine (C=N–C) groups is 1. The number of ether oxygens (including phenoxy) is 1. The number of hydrogen-bond acceptors (Lipinski definition) is 3.